The standard InChI is InChI=1S/C42H28N2/c1-3-14-29(15-4-1)32-21-13-22-33(30-16-5-2-6-17-30)42(32)44-40-25-12-9-20-36(40)37-28-31(26-27-41(37)44)43-38-23-10-7-18-34(38)35-19-8-11-24-39(35)43/h1-28H. The van der Waals surface area contributed by atoms with Gasteiger partial charge in [0.1, 0.15) is 0 Å². The molecule has 0 fully saturated rings. The third kappa shape index (κ3) is 3.68. The molecule has 44 heavy (non-hydrogen) atoms. The van der Waals surface area contributed by atoms with Crippen molar-refractivity contribution in [1.29, 1.82) is 0 Å². The van der Waals surface area contributed by atoms with Gasteiger partial charge in [0.05, 0.1) is 27.8 Å². The molecule has 0 amide bonds. The maximum atomic E-state index is 2.48. The molecule has 2 heterocycles. The Morgan fingerprint density at radius 1 is 0.295 bits per heavy atom. The van der Waals surface area contributed by atoms with Gasteiger partial charge in [0.2, 0.25) is 0 Å². The highest BCUT2D eigenvalue weighted by Crippen LogP contribution is 2.42. The van der Waals surface area contributed by atoms with E-state index in [1.807, 2.05) is 0 Å². The Morgan fingerprint density at radius 3 is 1.27 bits per heavy atom. The molecule has 0 unspecified atom stereocenters. The number of fused-ring (bicyclic) bond motifs is 6. The summed E-state index contributed by atoms with van der Waals surface area (Å²) < 4.78 is 4.88. The van der Waals surface area contributed by atoms with Gasteiger partial charge in [0.25, 0.3) is 0 Å². The molecule has 0 aliphatic carbocycles. The van der Waals surface area contributed by atoms with Gasteiger partial charge in [-0.2, -0.15) is 0 Å². The van der Waals surface area contributed by atoms with Crippen LogP contribution in [0.2, 0.25) is 0 Å². The first-order valence-electron chi connectivity index (χ1n) is 15.1. The van der Waals surface area contributed by atoms with Gasteiger partial charge < -0.3 is 9.13 Å². The van der Waals surface area contributed by atoms with Crippen LogP contribution in [0.1, 0.15) is 0 Å². The summed E-state index contributed by atoms with van der Waals surface area (Å²) in [6.07, 6.45) is 0. The van der Waals surface area contributed by atoms with Crippen LogP contribution in [0.3, 0.4) is 0 Å². The molecule has 0 saturated heterocycles. The third-order valence-corrected chi connectivity index (χ3v) is 8.92. The Labute approximate surface area is 255 Å². The molecule has 0 aliphatic rings. The van der Waals surface area contributed by atoms with E-state index in [1.165, 1.54) is 71.6 Å². The molecule has 0 atom stereocenters. The van der Waals surface area contributed by atoms with E-state index in [0.717, 1.165) is 5.69 Å². The first-order valence-corrected chi connectivity index (χ1v) is 15.1. The predicted molar refractivity (Wildman–Crippen MR) is 186 cm³/mol. The minimum atomic E-state index is 1.16. The van der Waals surface area contributed by atoms with Gasteiger partial charge in [-0.1, -0.05) is 133 Å². The van der Waals surface area contributed by atoms with Gasteiger partial charge in [0.15, 0.2) is 0 Å². The van der Waals surface area contributed by atoms with Crippen LogP contribution in [0.4, 0.5) is 0 Å². The van der Waals surface area contributed by atoms with Gasteiger partial charge in [-0.05, 0) is 47.5 Å². The molecule has 2 aromatic heterocycles. The number of nitrogens with zero attached hydrogens (tertiary/aromatic N) is 2. The lowest BCUT2D eigenvalue weighted by Gasteiger charge is -2.19. The summed E-state index contributed by atoms with van der Waals surface area (Å²) in [6.45, 7) is 0. The van der Waals surface area contributed by atoms with Crippen molar-refractivity contribution in [3.63, 3.8) is 0 Å². The normalized spacial score (nSPS) is 11.6. The van der Waals surface area contributed by atoms with Crippen LogP contribution in [-0.4, -0.2) is 9.13 Å². The van der Waals surface area contributed by atoms with Crippen LogP contribution in [-0.2, 0) is 0 Å². The zero-order valence-corrected chi connectivity index (χ0v) is 24.1. The van der Waals surface area contributed by atoms with E-state index in [4.69, 9.17) is 0 Å². The summed E-state index contributed by atoms with van der Waals surface area (Å²) in [4.78, 5) is 0. The van der Waals surface area contributed by atoms with Crippen molar-refractivity contribution in [2.24, 2.45) is 0 Å². The number of para-hydroxylation sites is 4. The molecule has 0 N–H and O–H groups in total. The van der Waals surface area contributed by atoms with Crippen molar-refractivity contribution >= 4 is 43.6 Å². The number of hydrogen-bond donors (Lipinski definition) is 0. The second-order valence-corrected chi connectivity index (χ2v) is 11.4. The Hall–Kier alpha value is -5.86. The smallest absolute Gasteiger partial charge is 0.0618 e. The van der Waals surface area contributed by atoms with Crippen LogP contribution in [0.25, 0.3) is 77.2 Å². The van der Waals surface area contributed by atoms with Crippen LogP contribution < -0.4 is 0 Å². The van der Waals surface area contributed by atoms with Crippen molar-refractivity contribution in [3.8, 4) is 33.6 Å². The summed E-state index contributed by atoms with van der Waals surface area (Å²) in [5, 5.41) is 5.03. The van der Waals surface area contributed by atoms with Crippen molar-refractivity contribution in [1.82, 2.24) is 9.13 Å². The van der Waals surface area contributed by atoms with Crippen LogP contribution in [0.15, 0.2) is 170 Å². The van der Waals surface area contributed by atoms with Gasteiger partial charge >= 0.3 is 0 Å². The lowest BCUT2D eigenvalue weighted by atomic mass is 9.95. The first kappa shape index (κ1) is 24.7. The summed E-state index contributed by atoms with van der Waals surface area (Å²) in [5.41, 5.74) is 12.0. The average Bonchev–Trinajstić information content (AvgIpc) is 3.61. The van der Waals surface area contributed by atoms with E-state index in [1.54, 1.807) is 0 Å². The van der Waals surface area contributed by atoms with E-state index in [0.29, 0.717) is 0 Å². The van der Waals surface area contributed by atoms with E-state index >= 15 is 0 Å². The summed E-state index contributed by atoms with van der Waals surface area (Å²) in [5.74, 6) is 0. The van der Waals surface area contributed by atoms with Gasteiger partial charge in [0, 0.05) is 38.4 Å². The molecule has 0 spiro atoms. The molecule has 7 aromatic carbocycles. The van der Waals surface area contributed by atoms with E-state index in [9.17, 15) is 0 Å². The highest BCUT2D eigenvalue weighted by Gasteiger charge is 2.20. The summed E-state index contributed by atoms with van der Waals surface area (Å²) in [6, 6.07) is 61.4. The molecule has 2 nitrogen and oxygen atoms in total. The van der Waals surface area contributed by atoms with Crippen molar-refractivity contribution < 1.29 is 0 Å². The Kier molecular flexibility index (Phi) is 5.54. The zero-order valence-electron chi connectivity index (χ0n) is 24.1. The average molecular weight is 561 g/mol. The monoisotopic (exact) mass is 560 g/mol. The van der Waals surface area contributed by atoms with Crippen molar-refractivity contribution in [2.45, 2.75) is 0 Å². The topological polar surface area (TPSA) is 9.86 Å². The van der Waals surface area contributed by atoms with E-state index in [-0.39, 0.29) is 0 Å². The highest BCUT2D eigenvalue weighted by molar-refractivity contribution is 6.13. The lowest BCUT2D eigenvalue weighted by Crippen LogP contribution is -2.01. The van der Waals surface area contributed by atoms with Crippen molar-refractivity contribution in [2.75, 3.05) is 0 Å². The third-order valence-electron chi connectivity index (χ3n) is 8.92. The molecule has 206 valence electrons. The maximum absolute atomic E-state index is 2.48. The lowest BCUT2D eigenvalue weighted by molar-refractivity contribution is 1.17. The first-order chi connectivity index (χ1) is 21.9. The minimum Gasteiger partial charge on any atom is -0.309 e. The van der Waals surface area contributed by atoms with Gasteiger partial charge in [-0.25, -0.2) is 0 Å². The molecular weight excluding hydrogens is 532 g/mol. The second-order valence-electron chi connectivity index (χ2n) is 11.4. The number of aromatic nitrogens is 2. The fourth-order valence-electron chi connectivity index (χ4n) is 7.03. The molecule has 0 radical (unpaired) electrons. The van der Waals surface area contributed by atoms with Crippen LogP contribution in [0, 0.1) is 0 Å². The fourth-order valence-corrected chi connectivity index (χ4v) is 7.03. The Bertz CT molecular complexity index is 2370. The molecule has 9 rings (SSSR count). The predicted octanol–water partition coefficient (Wildman–Crippen LogP) is 11.2. The Morgan fingerprint density at radius 2 is 0.727 bits per heavy atom. The number of benzene rings is 7. The van der Waals surface area contributed by atoms with Gasteiger partial charge in [-0.15, -0.1) is 0 Å². The van der Waals surface area contributed by atoms with Crippen LogP contribution in [0.5, 0.6) is 0 Å². The van der Waals surface area contributed by atoms with E-state index < -0.39 is 0 Å². The largest absolute Gasteiger partial charge is 0.309 e. The zero-order chi connectivity index (χ0) is 29.0. The highest BCUT2D eigenvalue weighted by atomic mass is 15.0. The summed E-state index contributed by atoms with van der Waals surface area (Å²) >= 11 is 0. The minimum absolute atomic E-state index is 1.16. The molecule has 2 heteroatoms. The fraction of sp³-hybridized carbons (Fsp3) is 0. The number of rotatable bonds is 4. The number of hydrogen-bond acceptors (Lipinski definition) is 0. The SMILES string of the molecule is c1ccc(-c2cccc(-c3ccccc3)c2-n2c3ccccc3c3cc(-n4c5ccccc5c5ccccc54)ccc32)cc1. The molecule has 0 saturated carbocycles. The van der Waals surface area contributed by atoms with E-state index in [2.05, 4.69) is 179 Å². The second kappa shape index (κ2) is 9.86. The van der Waals surface area contributed by atoms with Crippen LogP contribution >= 0.6 is 0 Å². The molecule has 0 bridgehead atoms. The molecule has 0 aliphatic heterocycles. The molecular formula is C42H28N2. The van der Waals surface area contributed by atoms with Crippen molar-refractivity contribution in [3.05, 3.63) is 170 Å². The molecule has 9 aromatic rings. The quantitative estimate of drug-likeness (QED) is 0.203. The summed E-state index contributed by atoms with van der Waals surface area (Å²) in [7, 11) is 0. The Balaban J connectivity index is 1.39. The maximum Gasteiger partial charge on any atom is 0.0618 e. The van der Waals surface area contributed by atoms with Gasteiger partial charge in [-0.3, -0.25) is 0 Å².